The minimum Gasteiger partial charge on any atom is -0.496 e. The van der Waals surface area contributed by atoms with Crippen molar-refractivity contribution < 1.29 is 9.13 Å². The summed E-state index contributed by atoms with van der Waals surface area (Å²) in [6.45, 7) is 3.75. The van der Waals surface area contributed by atoms with Crippen molar-refractivity contribution in [2.75, 3.05) is 13.7 Å². The topological polar surface area (TPSA) is 21.3 Å². The lowest BCUT2D eigenvalue weighted by molar-refractivity contribution is 0.406. The Bertz CT molecular complexity index is 302. The lowest BCUT2D eigenvalue weighted by atomic mass is 10.2. The van der Waals surface area contributed by atoms with Crippen LogP contribution in [0.2, 0.25) is 0 Å². The van der Waals surface area contributed by atoms with E-state index >= 15 is 0 Å². The number of hydrogen-bond donors (Lipinski definition) is 1. The zero-order chi connectivity index (χ0) is 11.1. The van der Waals surface area contributed by atoms with Gasteiger partial charge in [-0.1, -0.05) is 13.3 Å². The van der Waals surface area contributed by atoms with Gasteiger partial charge < -0.3 is 10.1 Å². The van der Waals surface area contributed by atoms with Crippen molar-refractivity contribution in [3.8, 4) is 5.75 Å². The van der Waals surface area contributed by atoms with Crippen molar-refractivity contribution >= 4 is 0 Å². The molecule has 1 aromatic carbocycles. The third-order valence-corrected chi connectivity index (χ3v) is 2.27. The van der Waals surface area contributed by atoms with Crippen LogP contribution in [0.25, 0.3) is 0 Å². The molecule has 3 heteroatoms. The van der Waals surface area contributed by atoms with E-state index in [0.717, 1.165) is 30.7 Å². The smallest absolute Gasteiger partial charge is 0.123 e. The number of nitrogens with one attached hydrogen (secondary N) is 1. The number of unbranched alkanes of at least 4 members (excludes halogenated alkanes) is 1. The van der Waals surface area contributed by atoms with Crippen LogP contribution in [0.4, 0.5) is 4.39 Å². The number of methoxy groups -OCH3 is 1. The molecule has 15 heavy (non-hydrogen) atoms. The maximum absolute atomic E-state index is 13.0. The van der Waals surface area contributed by atoms with Gasteiger partial charge in [-0.3, -0.25) is 0 Å². The molecule has 0 aliphatic heterocycles. The lowest BCUT2D eigenvalue weighted by Crippen LogP contribution is -2.15. The normalized spacial score (nSPS) is 10.3. The molecule has 0 aliphatic carbocycles. The first kappa shape index (κ1) is 12.0. The highest BCUT2D eigenvalue weighted by atomic mass is 19.1. The van der Waals surface area contributed by atoms with Crippen LogP contribution in [0.5, 0.6) is 5.75 Å². The van der Waals surface area contributed by atoms with E-state index in [1.807, 2.05) is 0 Å². The van der Waals surface area contributed by atoms with Crippen LogP contribution in [0, 0.1) is 5.82 Å². The molecule has 0 radical (unpaired) electrons. The Morgan fingerprint density at radius 1 is 1.40 bits per heavy atom. The highest BCUT2D eigenvalue weighted by Gasteiger charge is 2.03. The molecule has 0 fully saturated rings. The minimum atomic E-state index is -0.219. The second-order valence-electron chi connectivity index (χ2n) is 3.49. The van der Waals surface area contributed by atoms with Gasteiger partial charge in [0.05, 0.1) is 7.11 Å². The zero-order valence-electron chi connectivity index (χ0n) is 9.35. The standard InChI is InChI=1S/C12H18FNO/c1-3-4-7-14-9-10-8-11(13)5-6-12(10)15-2/h5-6,8,14H,3-4,7,9H2,1-2H3. The summed E-state index contributed by atoms with van der Waals surface area (Å²) >= 11 is 0. The molecule has 0 saturated carbocycles. The van der Waals surface area contributed by atoms with E-state index in [1.165, 1.54) is 12.1 Å². The van der Waals surface area contributed by atoms with Gasteiger partial charge in [0.25, 0.3) is 0 Å². The molecule has 0 unspecified atom stereocenters. The fraction of sp³-hybridized carbons (Fsp3) is 0.500. The largest absolute Gasteiger partial charge is 0.496 e. The van der Waals surface area contributed by atoms with Crippen LogP contribution in [0.15, 0.2) is 18.2 Å². The summed E-state index contributed by atoms with van der Waals surface area (Å²) in [6.07, 6.45) is 2.30. The molecule has 0 atom stereocenters. The van der Waals surface area contributed by atoms with E-state index in [4.69, 9.17) is 4.74 Å². The Labute approximate surface area is 90.4 Å². The molecule has 0 saturated heterocycles. The van der Waals surface area contributed by atoms with Crippen molar-refractivity contribution in [1.29, 1.82) is 0 Å². The van der Waals surface area contributed by atoms with Gasteiger partial charge in [-0.15, -0.1) is 0 Å². The number of benzene rings is 1. The minimum absolute atomic E-state index is 0.219. The third-order valence-electron chi connectivity index (χ3n) is 2.27. The zero-order valence-corrected chi connectivity index (χ0v) is 9.35. The average Bonchev–Trinajstić information content (AvgIpc) is 2.25. The fourth-order valence-corrected chi connectivity index (χ4v) is 1.41. The molecule has 84 valence electrons. The molecule has 0 aliphatic rings. The molecule has 1 N–H and O–H groups in total. The second-order valence-corrected chi connectivity index (χ2v) is 3.49. The van der Waals surface area contributed by atoms with Gasteiger partial charge in [0, 0.05) is 12.1 Å². The molecular weight excluding hydrogens is 193 g/mol. The molecule has 2 nitrogen and oxygen atoms in total. The van der Waals surface area contributed by atoms with E-state index < -0.39 is 0 Å². The summed E-state index contributed by atoms with van der Waals surface area (Å²) in [5.41, 5.74) is 0.869. The predicted molar refractivity (Wildman–Crippen MR) is 59.6 cm³/mol. The van der Waals surface area contributed by atoms with E-state index in [2.05, 4.69) is 12.2 Å². The fourth-order valence-electron chi connectivity index (χ4n) is 1.41. The highest BCUT2D eigenvalue weighted by molar-refractivity contribution is 5.33. The van der Waals surface area contributed by atoms with Gasteiger partial charge in [-0.25, -0.2) is 4.39 Å². The quantitative estimate of drug-likeness (QED) is 0.730. The summed E-state index contributed by atoms with van der Waals surface area (Å²) in [6, 6.07) is 4.58. The Hall–Kier alpha value is -1.09. The van der Waals surface area contributed by atoms with Crippen LogP contribution in [0.3, 0.4) is 0 Å². The SMILES string of the molecule is CCCCNCc1cc(F)ccc1OC. The first-order chi connectivity index (χ1) is 7.27. The predicted octanol–water partition coefficient (Wildman–Crippen LogP) is 2.72. The van der Waals surface area contributed by atoms with Crippen LogP contribution < -0.4 is 10.1 Å². The Morgan fingerprint density at radius 3 is 2.87 bits per heavy atom. The molecule has 0 aromatic heterocycles. The highest BCUT2D eigenvalue weighted by Crippen LogP contribution is 2.18. The van der Waals surface area contributed by atoms with Crippen molar-refractivity contribution in [2.45, 2.75) is 26.3 Å². The van der Waals surface area contributed by atoms with Crippen molar-refractivity contribution in [3.05, 3.63) is 29.6 Å². The van der Waals surface area contributed by atoms with E-state index in [1.54, 1.807) is 13.2 Å². The molecule has 0 heterocycles. The average molecular weight is 211 g/mol. The van der Waals surface area contributed by atoms with Gasteiger partial charge in [0.2, 0.25) is 0 Å². The molecule has 0 spiro atoms. The summed E-state index contributed by atoms with van der Waals surface area (Å²) in [5.74, 6) is 0.517. The van der Waals surface area contributed by atoms with Crippen molar-refractivity contribution in [1.82, 2.24) is 5.32 Å². The summed E-state index contributed by atoms with van der Waals surface area (Å²) in [5, 5.41) is 3.26. The van der Waals surface area contributed by atoms with Gasteiger partial charge >= 0.3 is 0 Å². The molecule has 1 rings (SSSR count). The number of halogens is 1. The van der Waals surface area contributed by atoms with Crippen LogP contribution >= 0.6 is 0 Å². The van der Waals surface area contributed by atoms with E-state index in [0.29, 0.717) is 6.54 Å². The summed E-state index contributed by atoms with van der Waals surface area (Å²) in [4.78, 5) is 0. The van der Waals surface area contributed by atoms with E-state index in [-0.39, 0.29) is 5.82 Å². The Kier molecular flexibility index (Phi) is 5.12. The van der Waals surface area contributed by atoms with Crippen molar-refractivity contribution in [3.63, 3.8) is 0 Å². The van der Waals surface area contributed by atoms with Crippen LogP contribution in [-0.4, -0.2) is 13.7 Å². The van der Waals surface area contributed by atoms with Crippen molar-refractivity contribution in [2.24, 2.45) is 0 Å². The molecular formula is C12H18FNO. The lowest BCUT2D eigenvalue weighted by Gasteiger charge is -2.09. The first-order valence-electron chi connectivity index (χ1n) is 5.31. The third kappa shape index (κ3) is 3.88. The summed E-state index contributed by atoms with van der Waals surface area (Å²) < 4.78 is 18.1. The first-order valence-corrected chi connectivity index (χ1v) is 5.31. The summed E-state index contributed by atoms with van der Waals surface area (Å²) in [7, 11) is 1.60. The van der Waals surface area contributed by atoms with Gasteiger partial charge in [-0.2, -0.15) is 0 Å². The second kappa shape index (κ2) is 6.40. The van der Waals surface area contributed by atoms with E-state index in [9.17, 15) is 4.39 Å². The van der Waals surface area contributed by atoms with Crippen LogP contribution in [-0.2, 0) is 6.54 Å². The van der Waals surface area contributed by atoms with Crippen LogP contribution in [0.1, 0.15) is 25.3 Å². The monoisotopic (exact) mass is 211 g/mol. The Morgan fingerprint density at radius 2 is 2.20 bits per heavy atom. The van der Waals surface area contributed by atoms with Gasteiger partial charge in [-0.05, 0) is 31.2 Å². The molecule has 0 amide bonds. The maximum Gasteiger partial charge on any atom is 0.123 e. The van der Waals surface area contributed by atoms with Gasteiger partial charge in [0.15, 0.2) is 0 Å². The maximum atomic E-state index is 13.0. The molecule has 0 bridgehead atoms. The molecule has 1 aromatic rings. The number of rotatable bonds is 6. The van der Waals surface area contributed by atoms with Gasteiger partial charge in [0.1, 0.15) is 11.6 Å². The number of ether oxygens (including phenoxy) is 1. The Balaban J connectivity index is 2.54. The number of hydrogen-bond acceptors (Lipinski definition) is 2.